The fourth-order valence-corrected chi connectivity index (χ4v) is 9.29. The Morgan fingerprint density at radius 3 is 2.56 bits per heavy atom. The number of hydrogen-bond donors (Lipinski definition) is 1. The van der Waals surface area contributed by atoms with Gasteiger partial charge >= 0.3 is 0 Å². The Morgan fingerprint density at radius 1 is 1.04 bits per heavy atom. The number of carbonyl (C=O) groups is 1. The lowest BCUT2D eigenvalue weighted by atomic mass is 9.47. The molecule has 5 rings (SSSR count). The summed E-state index contributed by atoms with van der Waals surface area (Å²) in [5.74, 6) is 5.32. The number of aliphatic hydroxyl groups is 1. The third-order valence-electron chi connectivity index (χ3n) is 9.91. The van der Waals surface area contributed by atoms with Gasteiger partial charge in [-0.2, -0.15) is 0 Å². The van der Waals surface area contributed by atoms with E-state index in [2.05, 4.69) is 22.9 Å². The van der Waals surface area contributed by atoms with E-state index < -0.39 is 5.60 Å². The summed E-state index contributed by atoms with van der Waals surface area (Å²) >= 11 is 3.48. The minimum atomic E-state index is -0.418. The minimum Gasteiger partial charge on any atom is -0.390 e. The summed E-state index contributed by atoms with van der Waals surface area (Å²) in [4.78, 5) is 12.8. The monoisotopic (exact) mass is 408 g/mol. The second kappa shape index (κ2) is 5.34. The molecule has 0 aromatic rings. The van der Waals surface area contributed by atoms with Gasteiger partial charge in [0.05, 0.1) is 10.9 Å². The molecule has 3 heteroatoms. The van der Waals surface area contributed by atoms with Gasteiger partial charge in [-0.05, 0) is 106 Å². The molecule has 9 atom stereocenters. The Hall–Kier alpha value is 0.110. The average molecular weight is 409 g/mol. The van der Waals surface area contributed by atoms with Crippen LogP contribution in [-0.4, -0.2) is 21.8 Å². The summed E-state index contributed by atoms with van der Waals surface area (Å²) in [6.45, 7) is 4.53. The fraction of sp³-hybridized carbons (Fsp3) is 0.955. The van der Waals surface area contributed by atoms with Crippen molar-refractivity contribution in [2.75, 3.05) is 5.33 Å². The van der Waals surface area contributed by atoms with Crippen molar-refractivity contribution in [3.8, 4) is 0 Å². The molecule has 5 aliphatic rings. The molecule has 0 radical (unpaired) electrons. The molecule has 0 aromatic heterocycles. The Morgan fingerprint density at radius 2 is 1.80 bits per heavy atom. The number of hydrogen-bond acceptors (Lipinski definition) is 2. The molecule has 0 spiro atoms. The summed E-state index contributed by atoms with van der Waals surface area (Å²) in [5, 5.41) is 11.1. The van der Waals surface area contributed by atoms with Gasteiger partial charge in [0.2, 0.25) is 0 Å². The highest BCUT2D eigenvalue weighted by molar-refractivity contribution is 9.09. The quantitative estimate of drug-likeness (QED) is 0.654. The van der Waals surface area contributed by atoms with E-state index in [0.29, 0.717) is 17.0 Å². The van der Waals surface area contributed by atoms with Crippen molar-refractivity contribution in [1.29, 1.82) is 0 Å². The highest BCUT2D eigenvalue weighted by Gasteiger charge is 2.76. The third-order valence-corrected chi connectivity index (χ3v) is 10.4. The molecule has 0 unspecified atom stereocenters. The topological polar surface area (TPSA) is 37.3 Å². The van der Waals surface area contributed by atoms with Crippen molar-refractivity contribution in [2.24, 2.45) is 46.3 Å². The van der Waals surface area contributed by atoms with Crippen LogP contribution < -0.4 is 0 Å². The normalized spacial score (nSPS) is 59.4. The highest BCUT2D eigenvalue weighted by atomic mass is 79.9. The molecule has 0 amide bonds. The van der Waals surface area contributed by atoms with Gasteiger partial charge < -0.3 is 5.11 Å². The number of halogens is 1. The summed E-state index contributed by atoms with van der Waals surface area (Å²) in [7, 11) is 0. The number of fused-ring (bicyclic) bond motifs is 7. The van der Waals surface area contributed by atoms with E-state index in [1.807, 2.05) is 6.92 Å². The number of alkyl halides is 1. The van der Waals surface area contributed by atoms with E-state index in [9.17, 15) is 9.90 Å². The Balaban J connectivity index is 1.41. The molecule has 5 fully saturated rings. The van der Waals surface area contributed by atoms with Crippen LogP contribution in [0.2, 0.25) is 0 Å². The Bertz CT molecular complexity index is 601. The van der Waals surface area contributed by atoms with Gasteiger partial charge in [0.15, 0.2) is 0 Å². The van der Waals surface area contributed by atoms with Gasteiger partial charge in [-0.15, -0.1) is 0 Å². The molecular weight excluding hydrogens is 376 g/mol. The summed E-state index contributed by atoms with van der Waals surface area (Å²) in [6.07, 6.45) is 11.0. The smallest absolute Gasteiger partial charge is 0.150 e. The molecule has 0 aromatic carbocycles. The first-order chi connectivity index (χ1) is 11.8. The van der Waals surface area contributed by atoms with Crippen molar-refractivity contribution < 1.29 is 9.90 Å². The zero-order valence-corrected chi connectivity index (χ0v) is 17.4. The fourth-order valence-electron chi connectivity index (χ4n) is 8.79. The van der Waals surface area contributed by atoms with Crippen molar-refractivity contribution >= 4 is 21.7 Å². The molecule has 2 nitrogen and oxygen atoms in total. The van der Waals surface area contributed by atoms with E-state index in [-0.39, 0.29) is 10.8 Å². The van der Waals surface area contributed by atoms with E-state index in [4.69, 9.17) is 0 Å². The van der Waals surface area contributed by atoms with Crippen molar-refractivity contribution in [3.05, 3.63) is 0 Å². The van der Waals surface area contributed by atoms with Crippen LogP contribution >= 0.6 is 15.9 Å². The maximum Gasteiger partial charge on any atom is 0.150 e. The molecule has 5 saturated carbocycles. The van der Waals surface area contributed by atoms with Crippen molar-refractivity contribution in [3.63, 3.8) is 0 Å². The van der Waals surface area contributed by atoms with E-state index in [0.717, 1.165) is 42.4 Å². The minimum absolute atomic E-state index is 0.0409. The van der Waals surface area contributed by atoms with Crippen LogP contribution in [0.3, 0.4) is 0 Å². The van der Waals surface area contributed by atoms with Gasteiger partial charge in [-0.1, -0.05) is 22.9 Å². The maximum absolute atomic E-state index is 12.8. The van der Waals surface area contributed by atoms with Crippen LogP contribution in [0.5, 0.6) is 0 Å². The molecule has 0 saturated heterocycles. The van der Waals surface area contributed by atoms with Crippen LogP contribution in [-0.2, 0) is 4.79 Å². The van der Waals surface area contributed by atoms with Crippen LogP contribution in [0.25, 0.3) is 0 Å². The Kier molecular flexibility index (Phi) is 3.68. The average Bonchev–Trinajstić information content (AvgIpc) is 3.25. The van der Waals surface area contributed by atoms with Crippen molar-refractivity contribution in [2.45, 2.75) is 77.2 Å². The first-order valence-corrected chi connectivity index (χ1v) is 11.8. The van der Waals surface area contributed by atoms with Crippen LogP contribution in [0.1, 0.15) is 71.6 Å². The molecule has 25 heavy (non-hydrogen) atoms. The molecule has 0 heterocycles. The van der Waals surface area contributed by atoms with Crippen LogP contribution in [0.4, 0.5) is 0 Å². The van der Waals surface area contributed by atoms with Gasteiger partial charge in [-0.25, -0.2) is 0 Å². The third kappa shape index (κ3) is 2.15. The predicted molar refractivity (Wildman–Crippen MR) is 102 cm³/mol. The largest absolute Gasteiger partial charge is 0.390 e. The first kappa shape index (κ1) is 17.2. The lowest BCUT2D eigenvalue weighted by molar-refractivity contribution is -0.135. The number of Topliss-reactive ketones (excluding diaryl/α,β-unsaturated/α-hetero) is 1. The number of rotatable bonds is 2. The molecule has 5 aliphatic carbocycles. The van der Waals surface area contributed by atoms with E-state index in [1.54, 1.807) is 0 Å². The maximum atomic E-state index is 12.8. The first-order valence-electron chi connectivity index (χ1n) is 10.6. The van der Waals surface area contributed by atoms with Crippen LogP contribution in [0.15, 0.2) is 0 Å². The lowest BCUT2D eigenvalue weighted by Crippen LogP contribution is -2.52. The van der Waals surface area contributed by atoms with Gasteiger partial charge in [0.1, 0.15) is 5.78 Å². The van der Waals surface area contributed by atoms with E-state index in [1.165, 1.54) is 44.9 Å². The van der Waals surface area contributed by atoms with Gasteiger partial charge in [-0.3, -0.25) is 4.79 Å². The van der Waals surface area contributed by atoms with Crippen molar-refractivity contribution in [1.82, 2.24) is 0 Å². The summed E-state index contributed by atoms with van der Waals surface area (Å²) < 4.78 is 0. The second-order valence-electron chi connectivity index (χ2n) is 10.8. The molecular formula is C22H33BrO2. The molecule has 1 N–H and O–H groups in total. The summed E-state index contributed by atoms with van der Waals surface area (Å²) in [5.41, 5.74) is -0.103. The Labute approximate surface area is 160 Å². The zero-order chi connectivity index (χ0) is 17.6. The predicted octanol–water partition coefficient (Wildman–Crippen LogP) is 4.97. The lowest BCUT2D eigenvalue weighted by Gasteiger charge is -2.57. The van der Waals surface area contributed by atoms with Crippen LogP contribution in [0, 0.1) is 46.3 Å². The number of ketones is 1. The second-order valence-corrected chi connectivity index (χ2v) is 11.4. The zero-order valence-electron chi connectivity index (χ0n) is 15.8. The highest BCUT2D eigenvalue weighted by Crippen LogP contribution is 2.80. The molecule has 0 aliphatic heterocycles. The molecule has 140 valence electrons. The standard InChI is InChI=1S/C22H33BrO2/c1-20(25)7-5-15-13(10-20)3-4-17-16(15)6-8-21(2)18(17)9-14-11-22(14,21)19(24)12-23/h13-18,25H,3-12H2,1-2H3/t13-,14+,15+,16-,17-,18+,20-,21+,22-/m1/s1. The SMILES string of the molecule is C[C@@]1(O)CC[C@H]2[C@H](CC[C@@H]3[C@@H]2CC[C@@]2(C)[C@H]3C[C@H]3C[C@]32C(=O)CBr)C1. The summed E-state index contributed by atoms with van der Waals surface area (Å²) in [6, 6.07) is 0. The van der Waals surface area contributed by atoms with Gasteiger partial charge in [0.25, 0.3) is 0 Å². The van der Waals surface area contributed by atoms with E-state index >= 15 is 0 Å². The number of carbonyl (C=O) groups excluding carboxylic acids is 1. The molecule has 0 bridgehead atoms. The van der Waals surface area contributed by atoms with Gasteiger partial charge in [0, 0.05) is 5.41 Å².